The van der Waals surface area contributed by atoms with Gasteiger partial charge in [-0.15, -0.1) is 0 Å². The summed E-state index contributed by atoms with van der Waals surface area (Å²) in [5, 5.41) is 13.6. The first-order valence-corrected chi connectivity index (χ1v) is 10.5. The normalized spacial score (nSPS) is 21.0. The van der Waals surface area contributed by atoms with Crippen molar-refractivity contribution in [2.45, 2.75) is 51.3 Å². The van der Waals surface area contributed by atoms with Crippen LogP contribution >= 0.6 is 11.6 Å². The molecule has 1 unspecified atom stereocenters. The molecule has 154 valence electrons. The zero-order valence-electron chi connectivity index (χ0n) is 16.3. The van der Waals surface area contributed by atoms with Gasteiger partial charge in [0.2, 0.25) is 5.28 Å². The van der Waals surface area contributed by atoms with Crippen LogP contribution in [0.5, 0.6) is 0 Å². The molecule has 0 spiro atoms. The van der Waals surface area contributed by atoms with E-state index in [-0.39, 0.29) is 17.6 Å². The summed E-state index contributed by atoms with van der Waals surface area (Å²) >= 11 is 6.24. The molecule has 1 N–H and O–H groups in total. The highest BCUT2D eigenvalue weighted by atomic mass is 35.5. The maximum Gasteiger partial charge on any atom is 0.226 e. The summed E-state index contributed by atoms with van der Waals surface area (Å²) < 4.78 is 15.2. The number of ether oxygens (including phenoxy) is 2. The number of aromatic nitrogens is 6. The average molecular weight is 418 g/mol. The Labute approximate surface area is 173 Å². The zero-order valence-corrected chi connectivity index (χ0v) is 17.1. The van der Waals surface area contributed by atoms with Crippen LogP contribution in [0, 0.1) is 6.92 Å². The van der Waals surface area contributed by atoms with Crippen molar-refractivity contribution in [3.05, 3.63) is 23.2 Å². The Morgan fingerprint density at radius 2 is 1.97 bits per heavy atom. The number of hydrogen-bond donors (Lipinski definition) is 1. The molecule has 1 atom stereocenters. The van der Waals surface area contributed by atoms with Gasteiger partial charge in [-0.3, -0.25) is 0 Å². The lowest BCUT2D eigenvalue weighted by molar-refractivity contribution is -0.0404. The van der Waals surface area contributed by atoms with E-state index in [0.717, 1.165) is 68.7 Å². The molecule has 9 nitrogen and oxygen atoms in total. The third-order valence-corrected chi connectivity index (χ3v) is 5.73. The predicted molar refractivity (Wildman–Crippen MR) is 109 cm³/mol. The van der Waals surface area contributed by atoms with Crippen LogP contribution in [0.2, 0.25) is 5.28 Å². The van der Waals surface area contributed by atoms with E-state index in [1.165, 1.54) is 0 Å². The Bertz CT molecular complexity index is 1010. The standard InChI is InChI=1S/C19H24ClN7O2/c1-12-10-15(25-26(12)16-4-2-3-7-29-16)22-17-14-11-21-27(13-5-8-28-9-6-13)18(14)24-19(20)23-17/h10-11,13,16H,2-9H2,1H3,(H,22,23,24,25). The van der Waals surface area contributed by atoms with Crippen molar-refractivity contribution in [1.29, 1.82) is 0 Å². The first kappa shape index (κ1) is 18.8. The van der Waals surface area contributed by atoms with Crippen LogP contribution in [0.25, 0.3) is 11.0 Å². The molecular weight excluding hydrogens is 394 g/mol. The monoisotopic (exact) mass is 417 g/mol. The lowest BCUT2D eigenvalue weighted by atomic mass is 10.1. The second-order valence-corrected chi connectivity index (χ2v) is 7.91. The van der Waals surface area contributed by atoms with Gasteiger partial charge in [0.1, 0.15) is 5.82 Å². The molecule has 5 rings (SSSR count). The highest BCUT2D eigenvalue weighted by molar-refractivity contribution is 6.28. The second-order valence-electron chi connectivity index (χ2n) is 7.57. The lowest BCUT2D eigenvalue weighted by Gasteiger charge is -2.23. The van der Waals surface area contributed by atoms with Crippen molar-refractivity contribution in [3.63, 3.8) is 0 Å². The topological polar surface area (TPSA) is 91.9 Å². The number of rotatable bonds is 4. The molecule has 5 heterocycles. The molecule has 0 amide bonds. The average Bonchev–Trinajstić information content (AvgIpc) is 3.32. The van der Waals surface area contributed by atoms with Gasteiger partial charge < -0.3 is 14.8 Å². The molecule has 2 fully saturated rings. The number of anilines is 2. The number of hydrogen-bond acceptors (Lipinski definition) is 7. The van der Waals surface area contributed by atoms with Gasteiger partial charge in [-0.1, -0.05) is 0 Å². The van der Waals surface area contributed by atoms with Gasteiger partial charge in [0, 0.05) is 31.6 Å². The summed E-state index contributed by atoms with van der Waals surface area (Å²) in [5.41, 5.74) is 1.76. The molecule has 10 heteroatoms. The third-order valence-electron chi connectivity index (χ3n) is 5.56. The van der Waals surface area contributed by atoms with Gasteiger partial charge in [-0.25, -0.2) is 9.36 Å². The minimum Gasteiger partial charge on any atom is -0.381 e. The third kappa shape index (κ3) is 3.70. The Hall–Kier alpha value is -2.23. The second kappa shape index (κ2) is 7.89. The zero-order chi connectivity index (χ0) is 19.8. The van der Waals surface area contributed by atoms with Gasteiger partial charge >= 0.3 is 0 Å². The Morgan fingerprint density at radius 3 is 2.76 bits per heavy atom. The van der Waals surface area contributed by atoms with E-state index < -0.39 is 0 Å². The van der Waals surface area contributed by atoms with Crippen LogP contribution in [0.3, 0.4) is 0 Å². The van der Waals surface area contributed by atoms with Gasteiger partial charge in [0.15, 0.2) is 17.7 Å². The summed E-state index contributed by atoms with van der Waals surface area (Å²) in [6.45, 7) is 4.27. The molecule has 3 aromatic rings. The molecule has 0 bridgehead atoms. The molecule has 29 heavy (non-hydrogen) atoms. The fraction of sp³-hybridized carbons (Fsp3) is 0.579. The fourth-order valence-corrected chi connectivity index (χ4v) is 4.23. The van der Waals surface area contributed by atoms with Crippen LogP contribution in [0.1, 0.15) is 50.1 Å². The minimum absolute atomic E-state index is 0.00965. The van der Waals surface area contributed by atoms with E-state index in [0.29, 0.717) is 11.6 Å². The van der Waals surface area contributed by atoms with Crippen molar-refractivity contribution >= 4 is 34.3 Å². The Balaban J connectivity index is 1.45. The van der Waals surface area contributed by atoms with Crippen LogP contribution < -0.4 is 5.32 Å². The molecule has 0 radical (unpaired) electrons. The smallest absolute Gasteiger partial charge is 0.226 e. The highest BCUT2D eigenvalue weighted by Gasteiger charge is 2.23. The largest absolute Gasteiger partial charge is 0.381 e. The molecule has 2 aliphatic heterocycles. The molecule has 2 aliphatic rings. The van der Waals surface area contributed by atoms with E-state index in [4.69, 9.17) is 26.2 Å². The van der Waals surface area contributed by atoms with Gasteiger partial charge in [-0.05, 0) is 50.6 Å². The summed E-state index contributed by atoms with van der Waals surface area (Å²) in [6.07, 6.45) is 6.83. The molecule has 0 aromatic carbocycles. The van der Waals surface area contributed by atoms with Gasteiger partial charge in [0.05, 0.1) is 17.6 Å². The minimum atomic E-state index is -0.00965. The molecule has 0 saturated carbocycles. The van der Waals surface area contributed by atoms with E-state index in [1.54, 1.807) is 6.20 Å². The maximum absolute atomic E-state index is 6.24. The molecule has 2 saturated heterocycles. The lowest BCUT2D eigenvalue weighted by Crippen LogP contribution is -2.20. The van der Waals surface area contributed by atoms with Crippen molar-refractivity contribution in [2.75, 3.05) is 25.1 Å². The van der Waals surface area contributed by atoms with Crippen molar-refractivity contribution in [2.24, 2.45) is 0 Å². The predicted octanol–water partition coefficient (Wildman–Crippen LogP) is 3.78. The van der Waals surface area contributed by atoms with Crippen LogP contribution in [0.15, 0.2) is 12.3 Å². The van der Waals surface area contributed by atoms with Crippen LogP contribution in [-0.4, -0.2) is 49.3 Å². The maximum atomic E-state index is 6.24. The Morgan fingerprint density at radius 1 is 1.10 bits per heavy atom. The molecule has 0 aliphatic carbocycles. The summed E-state index contributed by atoms with van der Waals surface area (Å²) in [7, 11) is 0. The summed E-state index contributed by atoms with van der Waals surface area (Å²) in [6, 6.07) is 2.24. The number of halogens is 1. The summed E-state index contributed by atoms with van der Waals surface area (Å²) in [4.78, 5) is 8.83. The van der Waals surface area contributed by atoms with Crippen molar-refractivity contribution in [1.82, 2.24) is 29.5 Å². The first-order chi connectivity index (χ1) is 14.2. The van der Waals surface area contributed by atoms with Gasteiger partial charge in [-0.2, -0.15) is 20.2 Å². The highest BCUT2D eigenvalue weighted by Crippen LogP contribution is 2.30. The number of nitrogens with zero attached hydrogens (tertiary/aromatic N) is 6. The first-order valence-electron chi connectivity index (χ1n) is 10.1. The van der Waals surface area contributed by atoms with E-state index >= 15 is 0 Å². The van der Waals surface area contributed by atoms with Gasteiger partial charge in [0.25, 0.3) is 0 Å². The van der Waals surface area contributed by atoms with E-state index in [9.17, 15) is 0 Å². The van der Waals surface area contributed by atoms with E-state index in [2.05, 4.69) is 20.4 Å². The number of fused-ring (bicyclic) bond motifs is 1. The van der Waals surface area contributed by atoms with Crippen LogP contribution in [-0.2, 0) is 9.47 Å². The van der Waals surface area contributed by atoms with Crippen molar-refractivity contribution < 1.29 is 9.47 Å². The Kier molecular flexibility index (Phi) is 5.11. The number of nitrogens with one attached hydrogen (secondary N) is 1. The fourth-order valence-electron chi connectivity index (χ4n) is 4.07. The van der Waals surface area contributed by atoms with Crippen LogP contribution in [0.4, 0.5) is 11.6 Å². The summed E-state index contributed by atoms with van der Waals surface area (Å²) in [5.74, 6) is 1.30. The SMILES string of the molecule is Cc1cc(Nc2nc(Cl)nc3c2cnn3C2CCOCC2)nn1C1CCCCO1. The quantitative estimate of drug-likeness (QED) is 0.645. The van der Waals surface area contributed by atoms with E-state index in [1.807, 2.05) is 22.4 Å². The molecular formula is C19H24ClN7O2. The molecule has 3 aromatic heterocycles. The van der Waals surface area contributed by atoms with Crippen molar-refractivity contribution in [3.8, 4) is 0 Å². The number of aryl methyl sites for hydroxylation is 1.